The third-order valence-corrected chi connectivity index (χ3v) is 6.26. The summed E-state index contributed by atoms with van der Waals surface area (Å²) in [4.78, 5) is 12.8. The van der Waals surface area contributed by atoms with Gasteiger partial charge in [0.05, 0.1) is 17.0 Å². The predicted molar refractivity (Wildman–Crippen MR) is 126 cm³/mol. The number of fused-ring (bicyclic) bond motifs is 1. The molecule has 0 amide bonds. The lowest BCUT2D eigenvalue weighted by Gasteiger charge is -2.12. The highest BCUT2D eigenvalue weighted by Gasteiger charge is 2.17. The van der Waals surface area contributed by atoms with Crippen LogP contribution in [0.4, 0.5) is 0 Å². The molecule has 0 saturated heterocycles. The maximum absolute atomic E-state index is 12.8. The van der Waals surface area contributed by atoms with Crippen molar-refractivity contribution in [3.05, 3.63) is 94.3 Å². The second-order valence-corrected chi connectivity index (χ2v) is 8.37. The maximum Gasteiger partial charge on any atom is 0.278 e. The number of benzene rings is 3. The largest absolute Gasteiger partial charge is 0.278 e. The molecule has 0 bridgehead atoms. The predicted octanol–water partition coefficient (Wildman–Crippen LogP) is 4.41. The summed E-state index contributed by atoms with van der Waals surface area (Å²) < 4.78 is 3.38. The summed E-state index contributed by atoms with van der Waals surface area (Å²) in [6, 6.07) is 23.4. The van der Waals surface area contributed by atoms with Crippen LogP contribution in [0.3, 0.4) is 0 Å². The topological polar surface area (TPSA) is 78.5 Å². The lowest BCUT2D eigenvalue weighted by atomic mass is 10.1. The smallest absolute Gasteiger partial charge is 0.270 e. The molecule has 0 saturated carbocycles. The van der Waals surface area contributed by atoms with E-state index in [2.05, 4.69) is 52.6 Å². The van der Waals surface area contributed by atoms with E-state index in [-0.39, 0.29) is 11.4 Å². The van der Waals surface area contributed by atoms with Crippen molar-refractivity contribution in [3.8, 4) is 17.1 Å². The van der Waals surface area contributed by atoms with Crippen molar-refractivity contribution < 1.29 is 0 Å². The first kappa shape index (κ1) is 20.1. The van der Waals surface area contributed by atoms with Crippen LogP contribution in [0.5, 0.6) is 0 Å². The third kappa shape index (κ3) is 3.69. The average Bonchev–Trinajstić information content (AvgIpc) is 3.25. The van der Waals surface area contributed by atoms with Crippen LogP contribution in [-0.2, 0) is 5.88 Å². The minimum atomic E-state index is -0.177. The maximum atomic E-state index is 12.8. The molecule has 0 unspecified atom stereocenters. The monoisotopic (exact) mass is 440 g/mol. The molecule has 158 valence electrons. The second-order valence-electron chi connectivity index (χ2n) is 7.46. The number of rotatable bonds is 5. The van der Waals surface area contributed by atoms with Crippen LogP contribution in [0.25, 0.3) is 28.0 Å². The van der Waals surface area contributed by atoms with Crippen molar-refractivity contribution in [2.24, 2.45) is 0 Å². The van der Waals surface area contributed by atoms with E-state index in [0.717, 1.165) is 17.1 Å². The first-order chi connectivity index (χ1) is 15.6. The molecule has 0 aliphatic carbocycles. The average molecular weight is 441 g/mol. The summed E-state index contributed by atoms with van der Waals surface area (Å²) in [6.07, 6.45) is 0. The third-order valence-electron chi connectivity index (χ3n) is 5.36. The minimum Gasteiger partial charge on any atom is -0.270 e. The number of hydrogen-bond acceptors (Lipinski definition) is 6. The molecular weight excluding hydrogens is 420 g/mol. The Morgan fingerprint density at radius 3 is 2.44 bits per heavy atom. The Bertz CT molecular complexity index is 1480. The van der Waals surface area contributed by atoms with E-state index in [1.54, 1.807) is 12.1 Å². The number of hydrogen-bond donors (Lipinski definition) is 0. The van der Waals surface area contributed by atoms with Crippen LogP contribution in [0.15, 0.2) is 82.7 Å². The SMILES string of the molecule is Cc1ccc(-n2c(SCn3nnc4ccccc4c3=O)nnc2-c2ccccc2)cc1C. The van der Waals surface area contributed by atoms with Crippen LogP contribution in [-0.4, -0.2) is 29.8 Å². The van der Waals surface area contributed by atoms with Gasteiger partial charge in [-0.3, -0.25) is 9.36 Å². The van der Waals surface area contributed by atoms with Crippen molar-refractivity contribution in [1.82, 2.24) is 29.8 Å². The highest BCUT2D eigenvalue weighted by atomic mass is 32.2. The van der Waals surface area contributed by atoms with Crippen molar-refractivity contribution in [1.29, 1.82) is 0 Å². The fourth-order valence-electron chi connectivity index (χ4n) is 3.46. The standard InChI is InChI=1S/C24H20N6OS/c1-16-12-13-19(14-17(16)2)30-22(18-8-4-3-5-9-18)26-27-24(30)32-15-29-23(31)20-10-6-7-11-21(20)25-28-29/h3-14H,15H2,1-2H3. The van der Waals surface area contributed by atoms with Gasteiger partial charge in [-0.05, 0) is 49.2 Å². The van der Waals surface area contributed by atoms with E-state index < -0.39 is 0 Å². The van der Waals surface area contributed by atoms with Crippen LogP contribution in [0.2, 0.25) is 0 Å². The van der Waals surface area contributed by atoms with Gasteiger partial charge in [-0.25, -0.2) is 0 Å². The number of thioether (sulfide) groups is 1. The molecular formula is C24H20N6OS. The van der Waals surface area contributed by atoms with E-state index in [0.29, 0.717) is 16.1 Å². The molecule has 8 heteroatoms. The quantitative estimate of drug-likeness (QED) is 0.377. The van der Waals surface area contributed by atoms with Gasteiger partial charge >= 0.3 is 0 Å². The summed E-state index contributed by atoms with van der Waals surface area (Å²) in [5.41, 5.74) is 4.74. The molecule has 3 aromatic carbocycles. The van der Waals surface area contributed by atoms with Crippen LogP contribution < -0.4 is 5.56 Å². The fraction of sp³-hybridized carbons (Fsp3) is 0.125. The van der Waals surface area contributed by atoms with Crippen molar-refractivity contribution >= 4 is 22.7 Å². The Morgan fingerprint density at radius 2 is 1.62 bits per heavy atom. The molecule has 2 heterocycles. The molecule has 0 fully saturated rings. The zero-order valence-corrected chi connectivity index (χ0v) is 18.5. The minimum absolute atomic E-state index is 0.177. The summed E-state index contributed by atoms with van der Waals surface area (Å²) in [7, 11) is 0. The van der Waals surface area contributed by atoms with Gasteiger partial charge < -0.3 is 0 Å². The van der Waals surface area contributed by atoms with Gasteiger partial charge in [0.2, 0.25) is 0 Å². The molecule has 2 aromatic heterocycles. The first-order valence-corrected chi connectivity index (χ1v) is 11.1. The van der Waals surface area contributed by atoms with E-state index in [9.17, 15) is 4.79 Å². The molecule has 0 atom stereocenters. The number of nitrogens with zero attached hydrogens (tertiary/aromatic N) is 6. The lowest BCUT2D eigenvalue weighted by molar-refractivity contribution is 0.643. The highest BCUT2D eigenvalue weighted by Crippen LogP contribution is 2.29. The summed E-state index contributed by atoms with van der Waals surface area (Å²) >= 11 is 1.39. The summed E-state index contributed by atoms with van der Waals surface area (Å²) in [5.74, 6) is 1.02. The zero-order valence-electron chi connectivity index (χ0n) is 17.6. The summed E-state index contributed by atoms with van der Waals surface area (Å²) in [6.45, 7) is 4.17. The zero-order chi connectivity index (χ0) is 22.1. The highest BCUT2D eigenvalue weighted by molar-refractivity contribution is 7.98. The van der Waals surface area contributed by atoms with Gasteiger partial charge in [0, 0.05) is 5.56 Å². The van der Waals surface area contributed by atoms with E-state index in [4.69, 9.17) is 0 Å². The van der Waals surface area contributed by atoms with E-state index >= 15 is 0 Å². The van der Waals surface area contributed by atoms with Crippen LogP contribution in [0, 0.1) is 13.8 Å². The molecule has 0 spiro atoms. The molecule has 0 radical (unpaired) electrons. The summed E-state index contributed by atoms with van der Waals surface area (Å²) in [5, 5.41) is 18.4. The number of aromatic nitrogens is 6. The lowest BCUT2D eigenvalue weighted by Crippen LogP contribution is -2.23. The van der Waals surface area contributed by atoms with Crippen molar-refractivity contribution in [2.45, 2.75) is 24.9 Å². The van der Waals surface area contributed by atoms with Gasteiger partial charge in [0.15, 0.2) is 11.0 Å². The Labute approximate surface area is 188 Å². The van der Waals surface area contributed by atoms with E-state index in [1.807, 2.05) is 47.0 Å². The van der Waals surface area contributed by atoms with Gasteiger partial charge in [0.1, 0.15) is 5.52 Å². The normalized spacial score (nSPS) is 11.2. The molecule has 7 nitrogen and oxygen atoms in total. The van der Waals surface area contributed by atoms with Crippen LogP contribution in [0.1, 0.15) is 11.1 Å². The molecule has 0 aliphatic rings. The Morgan fingerprint density at radius 1 is 0.844 bits per heavy atom. The number of aryl methyl sites for hydroxylation is 2. The van der Waals surface area contributed by atoms with Crippen LogP contribution >= 0.6 is 11.8 Å². The van der Waals surface area contributed by atoms with Gasteiger partial charge in [-0.15, -0.1) is 15.3 Å². The Hall–Kier alpha value is -3.78. The molecule has 0 N–H and O–H groups in total. The Balaban J connectivity index is 1.56. The Kier molecular flexibility index (Phi) is 5.28. The van der Waals surface area contributed by atoms with Gasteiger partial charge in [-0.1, -0.05) is 65.5 Å². The fourth-order valence-corrected chi connectivity index (χ4v) is 4.29. The van der Waals surface area contributed by atoms with E-state index in [1.165, 1.54) is 27.6 Å². The molecule has 32 heavy (non-hydrogen) atoms. The molecule has 0 aliphatic heterocycles. The van der Waals surface area contributed by atoms with Crippen molar-refractivity contribution in [3.63, 3.8) is 0 Å². The first-order valence-electron chi connectivity index (χ1n) is 10.2. The van der Waals surface area contributed by atoms with Gasteiger partial charge in [0.25, 0.3) is 5.56 Å². The molecule has 5 rings (SSSR count). The second kappa shape index (κ2) is 8.39. The van der Waals surface area contributed by atoms with Gasteiger partial charge in [-0.2, -0.15) is 4.68 Å². The molecule has 5 aromatic rings. The van der Waals surface area contributed by atoms with Crippen molar-refractivity contribution in [2.75, 3.05) is 0 Å².